The topological polar surface area (TPSA) is 96.2 Å². The summed E-state index contributed by atoms with van der Waals surface area (Å²) in [4.78, 5) is 25.2. The fourth-order valence-electron chi connectivity index (χ4n) is 0.819. The third-order valence-electron chi connectivity index (χ3n) is 1.56. The minimum Gasteiger partial charge on any atom is -0.512 e. The number of rotatable bonds is 6. The minimum atomic E-state index is -0.973. The van der Waals surface area contributed by atoms with E-state index in [1.807, 2.05) is 0 Å². The molecular formula is C10H15NO5. The van der Waals surface area contributed by atoms with Gasteiger partial charge in [-0.15, -0.1) is 0 Å². The predicted octanol–water partition coefficient (Wildman–Crippen LogP) is 0.927. The lowest BCUT2D eigenvalue weighted by molar-refractivity contribution is -0.138. The van der Waals surface area contributed by atoms with Crippen LogP contribution in [0, 0.1) is 0 Å². The third-order valence-corrected chi connectivity index (χ3v) is 1.56. The molecule has 6 nitrogen and oxygen atoms in total. The lowest BCUT2D eigenvalue weighted by atomic mass is 10.2. The summed E-state index contributed by atoms with van der Waals surface area (Å²) < 4.78 is 4.68. The van der Waals surface area contributed by atoms with Crippen LogP contribution < -0.4 is 0 Å². The molecule has 0 saturated heterocycles. The Morgan fingerprint density at radius 2 is 2.00 bits per heavy atom. The van der Waals surface area contributed by atoms with Crippen LogP contribution in [-0.4, -0.2) is 41.5 Å². The molecule has 0 amide bonds. The Labute approximate surface area is 93.3 Å². The number of ether oxygens (including phenoxy) is 1. The van der Waals surface area contributed by atoms with Crippen molar-refractivity contribution in [3.63, 3.8) is 0 Å². The fourth-order valence-corrected chi connectivity index (χ4v) is 0.819. The first-order valence-corrected chi connectivity index (χ1v) is 4.77. The molecule has 16 heavy (non-hydrogen) atoms. The molecule has 0 rings (SSSR count). The number of nitrogens with zero attached hydrogens (tertiary/aromatic N) is 1. The Kier molecular flexibility index (Phi) is 6.58. The van der Waals surface area contributed by atoms with Crippen molar-refractivity contribution in [1.82, 2.24) is 0 Å². The monoisotopic (exact) mass is 229 g/mol. The van der Waals surface area contributed by atoms with Crippen LogP contribution in [0.25, 0.3) is 0 Å². The quantitative estimate of drug-likeness (QED) is 0.305. The van der Waals surface area contributed by atoms with Gasteiger partial charge < -0.3 is 14.9 Å². The smallest absolute Gasteiger partial charge is 0.343 e. The number of aliphatic imine (C=N–C) groups is 1. The number of hydrogen-bond acceptors (Lipinski definition) is 5. The minimum absolute atomic E-state index is 0.0471. The summed E-state index contributed by atoms with van der Waals surface area (Å²) in [5.41, 5.74) is -0.0627. The number of esters is 1. The van der Waals surface area contributed by atoms with Crippen molar-refractivity contribution >= 4 is 18.2 Å². The maximum absolute atomic E-state index is 11.3. The number of aliphatic hydroxyl groups excluding tert-OH is 1. The zero-order valence-corrected chi connectivity index (χ0v) is 9.27. The van der Waals surface area contributed by atoms with Crippen LogP contribution in [0.2, 0.25) is 0 Å². The van der Waals surface area contributed by atoms with Gasteiger partial charge in [0, 0.05) is 12.8 Å². The first-order valence-electron chi connectivity index (χ1n) is 4.77. The molecule has 0 aliphatic carbocycles. The standard InChI is InChI=1S/C10H15NO5/c1-3-16-10(15)8(7(2)12)6-11-5-4-9(13)14/h6,12H,3-5H2,1-2H3,(H,13,14). The highest BCUT2D eigenvalue weighted by Crippen LogP contribution is 2.01. The number of carboxylic acid groups (broad SMARTS) is 1. The molecule has 0 aliphatic rings. The normalized spacial score (nSPS) is 12.4. The van der Waals surface area contributed by atoms with Gasteiger partial charge in [-0.25, -0.2) is 4.79 Å². The molecule has 0 aliphatic heterocycles. The number of aliphatic hydroxyl groups is 1. The molecule has 90 valence electrons. The van der Waals surface area contributed by atoms with Gasteiger partial charge in [-0.2, -0.15) is 0 Å². The highest BCUT2D eigenvalue weighted by Gasteiger charge is 2.11. The van der Waals surface area contributed by atoms with Crippen molar-refractivity contribution in [1.29, 1.82) is 0 Å². The SMILES string of the molecule is CCOC(=O)C(C=NCCC(=O)O)=C(C)O. The van der Waals surface area contributed by atoms with E-state index in [0.29, 0.717) is 0 Å². The highest BCUT2D eigenvalue weighted by molar-refractivity contribution is 6.09. The zero-order valence-electron chi connectivity index (χ0n) is 9.27. The summed E-state index contributed by atoms with van der Waals surface area (Å²) in [6.45, 7) is 3.21. The molecule has 0 fully saturated rings. The summed E-state index contributed by atoms with van der Waals surface area (Å²) in [5, 5.41) is 17.5. The molecule has 6 heteroatoms. The maximum atomic E-state index is 11.3. The molecular weight excluding hydrogens is 214 g/mol. The number of carbonyl (C=O) groups excluding carboxylic acids is 1. The molecule has 2 N–H and O–H groups in total. The molecule has 0 spiro atoms. The van der Waals surface area contributed by atoms with E-state index in [-0.39, 0.29) is 30.9 Å². The Morgan fingerprint density at radius 1 is 1.38 bits per heavy atom. The average Bonchev–Trinajstić information content (AvgIpc) is 2.16. The van der Waals surface area contributed by atoms with Gasteiger partial charge in [-0.1, -0.05) is 0 Å². The van der Waals surface area contributed by atoms with Crippen molar-refractivity contribution in [2.24, 2.45) is 4.99 Å². The van der Waals surface area contributed by atoms with Crippen molar-refractivity contribution in [2.45, 2.75) is 20.3 Å². The van der Waals surface area contributed by atoms with Gasteiger partial charge in [-0.3, -0.25) is 9.79 Å². The van der Waals surface area contributed by atoms with Crippen molar-refractivity contribution in [3.8, 4) is 0 Å². The van der Waals surface area contributed by atoms with Gasteiger partial charge in [0.2, 0.25) is 0 Å². The van der Waals surface area contributed by atoms with Gasteiger partial charge in [0.05, 0.1) is 13.0 Å². The van der Waals surface area contributed by atoms with E-state index in [0.717, 1.165) is 6.21 Å². The molecule has 0 aromatic rings. The number of aliphatic carboxylic acids is 1. The van der Waals surface area contributed by atoms with Crippen LogP contribution in [0.15, 0.2) is 16.3 Å². The Morgan fingerprint density at radius 3 is 2.44 bits per heavy atom. The molecule has 0 aromatic heterocycles. The Bertz CT molecular complexity index is 315. The first-order chi connectivity index (χ1) is 7.49. The summed E-state index contributed by atoms with van der Waals surface area (Å²) in [6.07, 6.45) is 0.993. The van der Waals surface area contributed by atoms with Gasteiger partial charge in [0.25, 0.3) is 0 Å². The maximum Gasteiger partial charge on any atom is 0.343 e. The van der Waals surface area contributed by atoms with E-state index in [2.05, 4.69) is 9.73 Å². The van der Waals surface area contributed by atoms with Crippen molar-refractivity contribution in [3.05, 3.63) is 11.3 Å². The van der Waals surface area contributed by atoms with E-state index < -0.39 is 11.9 Å². The first kappa shape index (κ1) is 14.2. The molecule has 0 heterocycles. The van der Waals surface area contributed by atoms with E-state index in [1.54, 1.807) is 6.92 Å². The number of hydrogen-bond donors (Lipinski definition) is 2. The van der Waals surface area contributed by atoms with E-state index >= 15 is 0 Å². The molecule has 0 radical (unpaired) electrons. The van der Waals surface area contributed by atoms with Crippen LogP contribution in [0.3, 0.4) is 0 Å². The molecule has 0 bridgehead atoms. The number of allylic oxidation sites excluding steroid dienone is 1. The van der Waals surface area contributed by atoms with Crippen LogP contribution in [0.4, 0.5) is 0 Å². The summed E-state index contributed by atoms with van der Waals surface area (Å²) in [5.74, 6) is -1.86. The third kappa shape index (κ3) is 5.79. The lowest BCUT2D eigenvalue weighted by Gasteiger charge is -2.02. The van der Waals surface area contributed by atoms with Crippen molar-refractivity contribution < 1.29 is 24.5 Å². The summed E-state index contributed by atoms with van der Waals surface area (Å²) in [7, 11) is 0. The second kappa shape index (κ2) is 7.44. The predicted molar refractivity (Wildman–Crippen MR) is 57.6 cm³/mol. The molecule has 0 aromatic carbocycles. The largest absolute Gasteiger partial charge is 0.512 e. The Balaban J connectivity index is 4.42. The Hall–Kier alpha value is -1.85. The zero-order chi connectivity index (χ0) is 12.6. The second-order valence-electron chi connectivity index (χ2n) is 2.90. The van der Waals surface area contributed by atoms with E-state index in [1.165, 1.54) is 6.92 Å². The van der Waals surface area contributed by atoms with Crippen LogP contribution in [-0.2, 0) is 14.3 Å². The number of carboxylic acids is 1. The molecule has 0 atom stereocenters. The van der Waals surface area contributed by atoms with Crippen LogP contribution in [0.5, 0.6) is 0 Å². The summed E-state index contributed by atoms with van der Waals surface area (Å²) in [6, 6.07) is 0. The number of carbonyl (C=O) groups is 2. The molecule has 0 unspecified atom stereocenters. The van der Waals surface area contributed by atoms with E-state index in [4.69, 9.17) is 5.11 Å². The van der Waals surface area contributed by atoms with Gasteiger partial charge in [-0.05, 0) is 13.8 Å². The fraction of sp³-hybridized carbons (Fsp3) is 0.500. The highest BCUT2D eigenvalue weighted by atomic mass is 16.5. The van der Waals surface area contributed by atoms with Gasteiger partial charge in [0.15, 0.2) is 0 Å². The van der Waals surface area contributed by atoms with Crippen molar-refractivity contribution in [2.75, 3.05) is 13.2 Å². The summed E-state index contributed by atoms with van der Waals surface area (Å²) >= 11 is 0. The van der Waals surface area contributed by atoms with Gasteiger partial charge >= 0.3 is 11.9 Å². The van der Waals surface area contributed by atoms with Crippen LogP contribution in [0.1, 0.15) is 20.3 Å². The average molecular weight is 229 g/mol. The lowest BCUT2D eigenvalue weighted by Crippen LogP contribution is -2.11. The van der Waals surface area contributed by atoms with Crippen LogP contribution >= 0.6 is 0 Å². The van der Waals surface area contributed by atoms with Gasteiger partial charge in [0.1, 0.15) is 11.3 Å². The molecule has 0 saturated carbocycles. The second-order valence-corrected chi connectivity index (χ2v) is 2.90. The van der Waals surface area contributed by atoms with E-state index in [9.17, 15) is 14.7 Å².